The molecule has 0 amide bonds. The van der Waals surface area contributed by atoms with Gasteiger partial charge in [0.25, 0.3) is 0 Å². The third kappa shape index (κ3) is 50.4. The normalized spacial score (nSPS) is 9.00. The van der Waals surface area contributed by atoms with E-state index >= 15 is 0 Å². The van der Waals surface area contributed by atoms with E-state index in [2.05, 4.69) is 0 Å². The minimum atomic E-state index is -4.25. The summed E-state index contributed by atoms with van der Waals surface area (Å²) < 4.78 is 29.2. The summed E-state index contributed by atoms with van der Waals surface area (Å²) >= 11 is -4.25. The van der Waals surface area contributed by atoms with Crippen LogP contribution < -0.4 is 0 Å². The van der Waals surface area contributed by atoms with E-state index in [1.165, 1.54) is 0 Å². The first-order chi connectivity index (χ1) is 1.73. The summed E-state index contributed by atoms with van der Waals surface area (Å²) in [5.74, 6) is 0. The average Bonchev–Trinajstić information content (AvgIpc) is 0.811. The van der Waals surface area contributed by atoms with Gasteiger partial charge in [0.2, 0.25) is 0 Å². The molecule has 0 unspecified atom stereocenters. The molecule has 0 heterocycles. The van der Waals surface area contributed by atoms with Gasteiger partial charge in [-0.2, -0.15) is 0 Å². The van der Waals surface area contributed by atoms with Crippen molar-refractivity contribution in [3.05, 3.63) is 0 Å². The Hall–Kier alpha value is 0.907. The van der Waals surface area contributed by atoms with Gasteiger partial charge in [0.1, 0.15) is 0 Å². The molecule has 0 nitrogen and oxygen atoms in total. The molecule has 0 aromatic carbocycles. The molecule has 0 atom stereocenters. The molecule has 0 N–H and O–H groups in total. The van der Waals surface area contributed by atoms with Crippen molar-refractivity contribution in [2.75, 3.05) is 0 Å². The molecule has 0 rings (SSSR count). The fourth-order valence-corrected chi connectivity index (χ4v) is 0. The standard InChI is InChI=1S/3FH.Fe.Li.H/h3*1H;;;/q;;;+3;;/p-3. The Morgan fingerprint density at radius 2 is 1.00 bits per heavy atom. The molecule has 5 heavy (non-hydrogen) atoms. The molecule has 0 fully saturated rings. The zero-order valence-electron chi connectivity index (χ0n) is 1.49. The Labute approximate surface area is 45.2 Å². The maximum absolute atomic E-state index is 9.75. The number of rotatable bonds is 0. The fourth-order valence-electron chi connectivity index (χ4n) is 0. The monoisotopic (exact) mass is 121 g/mol. The van der Waals surface area contributed by atoms with E-state index in [-0.39, 0.29) is 18.9 Å². The summed E-state index contributed by atoms with van der Waals surface area (Å²) in [5, 5.41) is 0. The molecule has 0 saturated heterocycles. The van der Waals surface area contributed by atoms with Crippen molar-refractivity contribution in [1.82, 2.24) is 0 Å². The molecule has 0 radical (unpaired) electrons. The van der Waals surface area contributed by atoms with E-state index in [4.69, 9.17) is 0 Å². The van der Waals surface area contributed by atoms with Crippen molar-refractivity contribution in [2.45, 2.75) is 0 Å². The topological polar surface area (TPSA) is 0 Å². The van der Waals surface area contributed by atoms with Crippen LogP contribution in [0.1, 0.15) is 0 Å². The second-order valence-electron chi connectivity index (χ2n) is 0.152. The number of hydrogen-bond donors (Lipinski definition) is 0. The van der Waals surface area contributed by atoms with Crippen LogP contribution in [0, 0.1) is 0 Å². The van der Waals surface area contributed by atoms with Gasteiger partial charge < -0.3 is 0 Å². The first-order valence-electron chi connectivity index (χ1n) is 0.401. The Bertz CT molecular complexity index is 11.6. The van der Waals surface area contributed by atoms with Crippen LogP contribution in [0.15, 0.2) is 0 Å². The van der Waals surface area contributed by atoms with Crippen LogP contribution in [0.3, 0.4) is 0 Å². The molecule has 31 valence electrons. The summed E-state index contributed by atoms with van der Waals surface area (Å²) in [7, 11) is 0. The SMILES string of the molecule is [F][Fe]([F])[F].[LiH]. The predicted octanol–water partition coefficient (Wildman–Crippen LogP) is 0.610. The molecule has 0 aromatic rings. The second kappa shape index (κ2) is 4.91. The molecule has 0 aliphatic rings. The molecule has 0 aliphatic heterocycles. The van der Waals surface area contributed by atoms with E-state index in [0.29, 0.717) is 0 Å². The zero-order valence-corrected chi connectivity index (χ0v) is 2.59. The predicted molar refractivity (Wildman–Crippen MR) is 10.5 cm³/mol. The van der Waals surface area contributed by atoms with Gasteiger partial charge >= 0.3 is 44.8 Å². The summed E-state index contributed by atoms with van der Waals surface area (Å²) in [6.07, 6.45) is 0. The molecular formula is HF3FeLi. The van der Waals surface area contributed by atoms with Crippen LogP contribution in [0.5, 0.6) is 0 Å². The summed E-state index contributed by atoms with van der Waals surface area (Å²) in [5.41, 5.74) is 0. The first kappa shape index (κ1) is 9.32. The van der Waals surface area contributed by atoms with Crippen molar-refractivity contribution in [1.29, 1.82) is 0 Å². The average molecular weight is 121 g/mol. The van der Waals surface area contributed by atoms with Crippen LogP contribution in [-0.4, -0.2) is 18.9 Å². The summed E-state index contributed by atoms with van der Waals surface area (Å²) in [4.78, 5) is 0. The molecular weight excluding hydrogens is 120 g/mol. The van der Waals surface area contributed by atoms with E-state index in [9.17, 15) is 10.7 Å². The van der Waals surface area contributed by atoms with E-state index < -0.39 is 15.3 Å². The van der Waals surface area contributed by atoms with Gasteiger partial charge in [-0.25, -0.2) is 0 Å². The van der Waals surface area contributed by atoms with Crippen LogP contribution in [0.25, 0.3) is 0 Å². The Morgan fingerprint density at radius 3 is 1.00 bits per heavy atom. The first-order valence-corrected chi connectivity index (χ1v) is 1.65. The Balaban J connectivity index is 0. The molecule has 0 bridgehead atoms. The minimum absolute atomic E-state index is 0. The van der Waals surface area contributed by atoms with Crippen molar-refractivity contribution in [2.24, 2.45) is 0 Å². The van der Waals surface area contributed by atoms with Crippen LogP contribution >= 0.6 is 0 Å². The van der Waals surface area contributed by atoms with Gasteiger partial charge in [-0.1, -0.05) is 0 Å². The molecule has 0 spiro atoms. The quantitative estimate of drug-likeness (QED) is 0.411. The van der Waals surface area contributed by atoms with Gasteiger partial charge in [0.15, 0.2) is 0 Å². The van der Waals surface area contributed by atoms with Gasteiger partial charge in [0, 0.05) is 0 Å². The Kier molecular flexibility index (Phi) is 9.14. The van der Waals surface area contributed by atoms with Gasteiger partial charge in [-0.05, 0) is 0 Å². The molecule has 0 aromatic heterocycles. The fraction of sp³-hybridized carbons (Fsp3) is 0. The molecule has 0 saturated carbocycles. The van der Waals surface area contributed by atoms with Crippen molar-refractivity contribution < 1.29 is 25.9 Å². The third-order valence-corrected chi connectivity index (χ3v) is 0. The van der Waals surface area contributed by atoms with Crippen molar-refractivity contribution >= 4 is 18.9 Å². The van der Waals surface area contributed by atoms with E-state index in [0.717, 1.165) is 0 Å². The Morgan fingerprint density at radius 1 is 1.00 bits per heavy atom. The van der Waals surface area contributed by atoms with Gasteiger partial charge in [-0.15, -0.1) is 0 Å². The second-order valence-corrected chi connectivity index (χ2v) is 0.625. The number of halogens is 3. The number of hydrogen-bond acceptors (Lipinski definition) is 0. The van der Waals surface area contributed by atoms with E-state index in [1.54, 1.807) is 0 Å². The van der Waals surface area contributed by atoms with Crippen LogP contribution in [0.2, 0.25) is 0 Å². The van der Waals surface area contributed by atoms with Gasteiger partial charge in [0.05, 0.1) is 0 Å². The van der Waals surface area contributed by atoms with Gasteiger partial charge in [-0.3, -0.25) is 0 Å². The maximum atomic E-state index is 9.75. The summed E-state index contributed by atoms with van der Waals surface area (Å²) in [6, 6.07) is 0. The van der Waals surface area contributed by atoms with Crippen molar-refractivity contribution in [3.63, 3.8) is 0 Å². The van der Waals surface area contributed by atoms with Crippen LogP contribution in [-0.2, 0) is 15.3 Å². The zero-order chi connectivity index (χ0) is 3.58. The van der Waals surface area contributed by atoms with Crippen molar-refractivity contribution in [3.8, 4) is 0 Å². The molecule has 0 aliphatic carbocycles. The van der Waals surface area contributed by atoms with E-state index in [1.807, 2.05) is 0 Å². The summed E-state index contributed by atoms with van der Waals surface area (Å²) in [6.45, 7) is 0. The van der Waals surface area contributed by atoms with Crippen LogP contribution in [0.4, 0.5) is 10.7 Å². The third-order valence-electron chi connectivity index (χ3n) is 0. The molecule has 5 heteroatoms.